The Morgan fingerprint density at radius 1 is 1.33 bits per heavy atom. The Kier molecular flexibility index (Phi) is 5.58. The summed E-state index contributed by atoms with van der Waals surface area (Å²) in [5.41, 5.74) is 1.12. The van der Waals surface area contributed by atoms with Crippen molar-refractivity contribution < 1.29 is 23.6 Å². The minimum atomic E-state index is -0.673. The average Bonchev–Trinajstić information content (AvgIpc) is 3.27. The number of carbonyl (C=O) groups is 2. The van der Waals surface area contributed by atoms with E-state index < -0.39 is 5.97 Å². The monoisotopic (exact) mass is 428 g/mol. The van der Waals surface area contributed by atoms with Crippen molar-refractivity contribution >= 4 is 23.5 Å². The third kappa shape index (κ3) is 3.47. The van der Waals surface area contributed by atoms with Crippen LogP contribution in [0.3, 0.4) is 0 Å². The molecule has 0 aliphatic heterocycles. The lowest BCUT2D eigenvalue weighted by Crippen LogP contribution is -2.14. The van der Waals surface area contributed by atoms with Crippen LogP contribution in [0.15, 0.2) is 33.9 Å². The Hall–Kier alpha value is -3.14. The van der Waals surface area contributed by atoms with Gasteiger partial charge in [-0.3, -0.25) is 4.79 Å². The van der Waals surface area contributed by atoms with Crippen LogP contribution >= 0.6 is 11.8 Å². The molecule has 2 aromatic heterocycles. The van der Waals surface area contributed by atoms with Crippen molar-refractivity contribution in [3.63, 3.8) is 0 Å². The smallest absolute Gasteiger partial charge is 0.361 e. The van der Waals surface area contributed by atoms with Crippen molar-refractivity contribution in [1.82, 2.24) is 20.2 Å². The molecule has 1 aromatic carbocycles. The topological polar surface area (TPSA) is 109 Å². The predicted octanol–water partition coefficient (Wildman–Crippen LogP) is 3.27. The molecule has 1 saturated carbocycles. The summed E-state index contributed by atoms with van der Waals surface area (Å²) in [4.78, 5) is 26.6. The van der Waals surface area contributed by atoms with E-state index in [4.69, 9.17) is 14.0 Å². The van der Waals surface area contributed by atoms with Crippen LogP contribution in [0.25, 0.3) is 5.69 Å². The van der Waals surface area contributed by atoms with Crippen LogP contribution < -0.4 is 4.74 Å². The molecule has 1 fully saturated rings. The van der Waals surface area contributed by atoms with Gasteiger partial charge in [0.05, 0.1) is 31.0 Å². The molecule has 156 valence electrons. The van der Waals surface area contributed by atoms with Gasteiger partial charge in [-0.05, 0) is 38.2 Å². The Bertz CT molecular complexity index is 1090. The van der Waals surface area contributed by atoms with Crippen LogP contribution in [0.5, 0.6) is 5.75 Å². The zero-order valence-electron chi connectivity index (χ0n) is 16.7. The number of rotatable bonds is 8. The molecule has 30 heavy (non-hydrogen) atoms. The van der Waals surface area contributed by atoms with Crippen LogP contribution in [0.2, 0.25) is 0 Å². The summed E-state index contributed by atoms with van der Waals surface area (Å²) >= 11 is 1.36. The second-order valence-electron chi connectivity index (χ2n) is 6.64. The normalized spacial score (nSPS) is 13.3. The van der Waals surface area contributed by atoms with Gasteiger partial charge < -0.3 is 14.0 Å². The van der Waals surface area contributed by atoms with Crippen molar-refractivity contribution in [2.24, 2.45) is 0 Å². The lowest BCUT2D eigenvalue weighted by molar-refractivity contribution is 0.0512. The number of ketones is 1. The van der Waals surface area contributed by atoms with Gasteiger partial charge in [0, 0.05) is 11.5 Å². The highest BCUT2D eigenvalue weighted by Crippen LogP contribution is 2.44. The maximum Gasteiger partial charge on any atom is 0.361 e. The minimum Gasteiger partial charge on any atom is -0.493 e. The largest absolute Gasteiger partial charge is 0.493 e. The van der Waals surface area contributed by atoms with Gasteiger partial charge in [0.25, 0.3) is 0 Å². The number of carbonyl (C=O) groups excluding carboxylic acids is 2. The molecule has 0 saturated heterocycles. The lowest BCUT2D eigenvalue weighted by atomic mass is 9.98. The van der Waals surface area contributed by atoms with E-state index >= 15 is 0 Å². The molecular weight excluding hydrogens is 408 g/mol. The minimum absolute atomic E-state index is 0.0878. The number of ether oxygens (including phenoxy) is 2. The van der Waals surface area contributed by atoms with E-state index in [0.717, 1.165) is 12.8 Å². The molecule has 9 nitrogen and oxygen atoms in total. The van der Waals surface area contributed by atoms with Crippen LogP contribution in [0, 0.1) is 0 Å². The van der Waals surface area contributed by atoms with Crippen molar-refractivity contribution in [3.05, 3.63) is 47.1 Å². The van der Waals surface area contributed by atoms with E-state index in [2.05, 4.69) is 15.5 Å². The van der Waals surface area contributed by atoms with E-state index in [9.17, 15) is 9.59 Å². The van der Waals surface area contributed by atoms with Gasteiger partial charge in [0.2, 0.25) is 5.69 Å². The fourth-order valence-electron chi connectivity index (χ4n) is 3.27. The first-order valence-corrected chi connectivity index (χ1v) is 10.7. The van der Waals surface area contributed by atoms with Crippen molar-refractivity contribution in [2.45, 2.75) is 30.6 Å². The SMILES string of the molecule is CCOC(=O)c1noc(C2CC2)c1C(=O)c1ccc(-n2ccnn2)c(OC)c1SC. The quantitative estimate of drug-likeness (QED) is 0.303. The van der Waals surface area contributed by atoms with Gasteiger partial charge >= 0.3 is 5.97 Å². The summed E-state index contributed by atoms with van der Waals surface area (Å²) in [7, 11) is 1.53. The van der Waals surface area contributed by atoms with E-state index in [1.54, 1.807) is 36.1 Å². The van der Waals surface area contributed by atoms with Crippen LogP contribution in [0.4, 0.5) is 0 Å². The highest BCUT2D eigenvalue weighted by molar-refractivity contribution is 7.98. The summed E-state index contributed by atoms with van der Waals surface area (Å²) in [5, 5.41) is 11.7. The van der Waals surface area contributed by atoms with Crippen molar-refractivity contribution in [1.29, 1.82) is 0 Å². The van der Waals surface area contributed by atoms with Gasteiger partial charge in [-0.1, -0.05) is 10.4 Å². The number of hydrogen-bond donors (Lipinski definition) is 0. The summed E-state index contributed by atoms with van der Waals surface area (Å²) in [6, 6.07) is 3.42. The molecule has 0 unspecified atom stereocenters. The Labute approximate surface area is 176 Å². The molecular formula is C20H20N4O5S. The third-order valence-corrected chi connectivity index (χ3v) is 5.59. The molecule has 0 bridgehead atoms. The maximum atomic E-state index is 13.6. The third-order valence-electron chi connectivity index (χ3n) is 4.78. The van der Waals surface area contributed by atoms with Gasteiger partial charge in [-0.2, -0.15) is 0 Å². The second-order valence-corrected chi connectivity index (χ2v) is 7.46. The molecule has 1 aliphatic carbocycles. The van der Waals surface area contributed by atoms with Crippen LogP contribution in [0.1, 0.15) is 57.9 Å². The van der Waals surface area contributed by atoms with E-state index in [1.807, 2.05) is 6.26 Å². The molecule has 4 rings (SSSR count). The number of methoxy groups -OCH3 is 1. The second kappa shape index (κ2) is 8.31. The van der Waals surface area contributed by atoms with Crippen molar-refractivity contribution in [2.75, 3.05) is 20.0 Å². The predicted molar refractivity (Wildman–Crippen MR) is 108 cm³/mol. The summed E-state index contributed by atoms with van der Waals surface area (Å²) in [6.07, 6.45) is 6.88. The summed E-state index contributed by atoms with van der Waals surface area (Å²) in [6.45, 7) is 1.87. The first kappa shape index (κ1) is 20.1. The number of nitrogens with zero attached hydrogens (tertiary/aromatic N) is 4. The molecule has 1 aliphatic rings. The number of aromatic nitrogens is 4. The molecule has 2 heterocycles. The zero-order chi connectivity index (χ0) is 21.3. The standard InChI is InChI=1S/C20H20N4O5S/c1-4-28-20(26)15-14(17(29-22-15)11-5-6-11)16(25)12-7-8-13(24-10-9-21-23-24)18(27-2)19(12)30-3/h7-11H,4-6H2,1-3H3. The fraction of sp³-hybridized carbons (Fsp3) is 0.350. The highest BCUT2D eigenvalue weighted by atomic mass is 32.2. The van der Waals surface area contributed by atoms with Gasteiger partial charge in [-0.15, -0.1) is 16.9 Å². The lowest BCUT2D eigenvalue weighted by Gasteiger charge is -2.15. The molecule has 3 aromatic rings. The molecule has 0 N–H and O–H groups in total. The van der Waals surface area contributed by atoms with Crippen LogP contribution in [-0.4, -0.2) is 51.9 Å². The number of benzene rings is 1. The summed E-state index contributed by atoms with van der Waals surface area (Å²) < 4.78 is 17.7. The van der Waals surface area contributed by atoms with Crippen molar-refractivity contribution in [3.8, 4) is 11.4 Å². The van der Waals surface area contributed by atoms with Gasteiger partial charge in [0.15, 0.2) is 17.3 Å². The molecule has 0 amide bonds. The number of esters is 1. The van der Waals surface area contributed by atoms with E-state index in [1.165, 1.54) is 18.9 Å². The Morgan fingerprint density at radius 2 is 2.13 bits per heavy atom. The van der Waals surface area contributed by atoms with Gasteiger partial charge in [-0.25, -0.2) is 9.48 Å². The van der Waals surface area contributed by atoms with E-state index in [0.29, 0.717) is 27.7 Å². The average molecular weight is 428 g/mol. The Balaban J connectivity index is 1.84. The number of thioether (sulfide) groups is 1. The molecule has 0 atom stereocenters. The zero-order valence-corrected chi connectivity index (χ0v) is 17.6. The van der Waals surface area contributed by atoms with E-state index in [-0.39, 0.29) is 29.6 Å². The first-order chi connectivity index (χ1) is 14.6. The Morgan fingerprint density at radius 3 is 2.73 bits per heavy atom. The maximum absolute atomic E-state index is 13.6. The fourth-order valence-corrected chi connectivity index (χ4v) is 4.02. The summed E-state index contributed by atoms with van der Waals surface area (Å²) in [5.74, 6) is -0.00791. The first-order valence-electron chi connectivity index (χ1n) is 9.43. The molecule has 0 radical (unpaired) electrons. The molecule has 10 heteroatoms. The highest BCUT2D eigenvalue weighted by Gasteiger charge is 2.38. The van der Waals surface area contributed by atoms with Crippen LogP contribution in [-0.2, 0) is 4.74 Å². The number of hydrogen-bond acceptors (Lipinski definition) is 9. The molecule has 0 spiro atoms. The van der Waals surface area contributed by atoms with Gasteiger partial charge in [0.1, 0.15) is 11.3 Å².